The first-order valence-corrected chi connectivity index (χ1v) is 28.5. The molecule has 0 atom stereocenters. The van der Waals surface area contributed by atoms with Gasteiger partial charge in [-0.25, -0.2) is 0 Å². The molecule has 0 saturated heterocycles. The molecule has 4 heterocycles. The summed E-state index contributed by atoms with van der Waals surface area (Å²) >= 11 is 0. The van der Waals surface area contributed by atoms with Crippen molar-refractivity contribution in [2.75, 3.05) is 4.81 Å². The van der Waals surface area contributed by atoms with E-state index < -0.39 is 0 Å². The second-order valence-electron chi connectivity index (χ2n) is 25.6. The summed E-state index contributed by atoms with van der Waals surface area (Å²) < 4.78 is 9.79. The SMILES string of the molecule is c1ccc(-c2ccc(N3B4c5c(cc6ccccc6c5-n5c6ccc(C78CC9CC(CC(C9)C7)C8)cc6c6cc(C78CC9CC(CC(C9)C7)C8)cc4c65)-c4c3ccc3oc5cc6ccccc6cc5c43)cc2)cc1. The number of rotatable bonds is 4. The van der Waals surface area contributed by atoms with Crippen molar-refractivity contribution < 1.29 is 4.42 Å². The lowest BCUT2D eigenvalue weighted by molar-refractivity contribution is -0.00526. The topological polar surface area (TPSA) is 21.3 Å². The van der Waals surface area contributed by atoms with Crippen LogP contribution < -0.4 is 15.7 Å². The van der Waals surface area contributed by atoms with Crippen LogP contribution in [-0.4, -0.2) is 11.4 Å². The van der Waals surface area contributed by atoms with Crippen molar-refractivity contribution in [1.82, 2.24) is 4.57 Å². The molecule has 0 amide bonds. The standard InChI is InChI=1S/C70H57BN2O/c1-2-8-46(9-3-1)47-14-17-53(18-15-47)73-61-20-21-62-65(57-28-48-10-4-5-11-49(48)30-63(57)74-62)64(61)58-29-50-12-6-7-13-54(50)68-66(58)71(73)59-33-52(70-37-43-25-44(38-70)27-45(26-43)39-70)32-56-55-31-51(16-19-60(55)72(68)67(56)59)69-34-40-22-41(35-69)24-42(23-40)36-69/h1-21,28-33,40-45H,22-27,34-39H2. The maximum Gasteiger partial charge on any atom is 0.333 e. The summed E-state index contributed by atoms with van der Waals surface area (Å²) in [4.78, 5) is 2.78. The summed E-state index contributed by atoms with van der Waals surface area (Å²) in [7, 11) is 0. The van der Waals surface area contributed by atoms with Gasteiger partial charge in [-0.2, -0.15) is 0 Å². The molecule has 356 valence electrons. The van der Waals surface area contributed by atoms with E-state index >= 15 is 0 Å². The van der Waals surface area contributed by atoms with Crippen LogP contribution in [0, 0.1) is 35.5 Å². The minimum Gasteiger partial charge on any atom is -0.456 e. The molecule has 0 unspecified atom stereocenters. The van der Waals surface area contributed by atoms with E-state index in [9.17, 15) is 0 Å². The molecule has 10 aliphatic rings. The number of furan rings is 1. The molecule has 74 heavy (non-hydrogen) atoms. The molecule has 9 aromatic carbocycles. The molecule has 0 spiro atoms. The maximum absolute atomic E-state index is 6.99. The monoisotopic (exact) mass is 952 g/mol. The number of nitrogens with zero attached hydrogens (tertiary/aromatic N) is 2. The Morgan fingerprint density at radius 1 is 0.459 bits per heavy atom. The van der Waals surface area contributed by atoms with E-state index in [1.807, 2.05) is 0 Å². The number of aromatic nitrogens is 1. The summed E-state index contributed by atoms with van der Waals surface area (Å²) in [5, 5.41) is 10.4. The van der Waals surface area contributed by atoms with Crippen LogP contribution >= 0.6 is 0 Å². The number of benzene rings is 9. The predicted octanol–water partition coefficient (Wildman–Crippen LogP) is 16.8. The third-order valence-electron chi connectivity index (χ3n) is 21.6. The van der Waals surface area contributed by atoms with E-state index in [-0.39, 0.29) is 12.3 Å². The van der Waals surface area contributed by atoms with Crippen molar-refractivity contribution in [2.45, 2.75) is 87.9 Å². The first-order valence-electron chi connectivity index (χ1n) is 28.5. The Hall–Kier alpha value is -7.04. The molecular formula is C70H57BN2O. The van der Waals surface area contributed by atoms with Crippen LogP contribution in [-0.2, 0) is 10.8 Å². The van der Waals surface area contributed by atoms with Gasteiger partial charge in [0, 0.05) is 43.9 Å². The molecule has 0 N–H and O–H groups in total. The highest BCUT2D eigenvalue weighted by atomic mass is 16.3. The quantitative estimate of drug-likeness (QED) is 0.164. The minimum absolute atomic E-state index is 0.0630. The highest BCUT2D eigenvalue weighted by Crippen LogP contribution is 2.63. The fourth-order valence-corrected chi connectivity index (χ4v) is 19.6. The maximum atomic E-state index is 6.99. The van der Waals surface area contributed by atoms with Crippen molar-refractivity contribution in [1.29, 1.82) is 0 Å². The third-order valence-corrected chi connectivity index (χ3v) is 21.6. The lowest BCUT2D eigenvalue weighted by Crippen LogP contribution is -2.61. The van der Waals surface area contributed by atoms with E-state index in [0.29, 0.717) is 5.41 Å². The fourth-order valence-electron chi connectivity index (χ4n) is 19.6. The zero-order valence-electron chi connectivity index (χ0n) is 41.9. The Morgan fingerprint density at radius 2 is 1.07 bits per heavy atom. The summed E-state index contributed by atoms with van der Waals surface area (Å²) in [6.07, 6.45) is 17.0. The first-order chi connectivity index (χ1) is 36.5. The van der Waals surface area contributed by atoms with E-state index in [4.69, 9.17) is 4.42 Å². The highest BCUT2D eigenvalue weighted by Gasteiger charge is 2.54. The van der Waals surface area contributed by atoms with Crippen LogP contribution in [0.25, 0.3) is 93.2 Å². The zero-order chi connectivity index (χ0) is 47.8. The second-order valence-corrected chi connectivity index (χ2v) is 25.6. The van der Waals surface area contributed by atoms with Gasteiger partial charge in [-0.05, 0) is 239 Å². The van der Waals surface area contributed by atoms with Crippen LogP contribution in [0.1, 0.15) is 88.2 Å². The lowest BCUT2D eigenvalue weighted by Gasteiger charge is -2.57. The molecular weight excluding hydrogens is 896 g/mol. The lowest BCUT2D eigenvalue weighted by atomic mass is 9.42. The van der Waals surface area contributed by atoms with Crippen molar-refractivity contribution in [3.63, 3.8) is 0 Å². The van der Waals surface area contributed by atoms with Gasteiger partial charge in [-0.1, -0.05) is 103 Å². The van der Waals surface area contributed by atoms with Crippen LogP contribution in [0.4, 0.5) is 11.4 Å². The largest absolute Gasteiger partial charge is 0.456 e. The summed E-state index contributed by atoms with van der Waals surface area (Å²) in [5.41, 5.74) is 20.3. The Kier molecular flexibility index (Phi) is 7.64. The Balaban J connectivity index is 0.952. The van der Waals surface area contributed by atoms with E-state index in [0.717, 1.165) is 46.7 Å². The smallest absolute Gasteiger partial charge is 0.333 e. The second kappa shape index (κ2) is 14.0. The molecule has 8 bridgehead atoms. The van der Waals surface area contributed by atoms with E-state index in [2.05, 4.69) is 173 Å². The van der Waals surface area contributed by atoms with Crippen molar-refractivity contribution in [3.8, 4) is 27.9 Å². The van der Waals surface area contributed by atoms with Crippen molar-refractivity contribution in [3.05, 3.63) is 175 Å². The normalized spacial score (nSPS) is 27.7. The van der Waals surface area contributed by atoms with Crippen LogP contribution in [0.3, 0.4) is 0 Å². The van der Waals surface area contributed by atoms with E-state index in [1.165, 1.54) is 181 Å². The zero-order valence-corrected chi connectivity index (χ0v) is 41.9. The number of hydrogen-bond acceptors (Lipinski definition) is 2. The van der Waals surface area contributed by atoms with Crippen molar-refractivity contribution in [2.24, 2.45) is 35.5 Å². The van der Waals surface area contributed by atoms with Gasteiger partial charge in [0.1, 0.15) is 11.2 Å². The minimum atomic E-state index is -0.0630. The molecule has 11 aromatic rings. The van der Waals surface area contributed by atoms with Gasteiger partial charge >= 0.3 is 6.85 Å². The molecule has 0 radical (unpaired) electrons. The third kappa shape index (κ3) is 5.25. The van der Waals surface area contributed by atoms with Gasteiger partial charge in [0.05, 0.1) is 16.7 Å². The van der Waals surface area contributed by atoms with Crippen molar-refractivity contribution >= 4 is 94.4 Å². The van der Waals surface area contributed by atoms with Crippen LogP contribution in [0.2, 0.25) is 0 Å². The summed E-state index contributed by atoms with van der Waals surface area (Å²) in [5.74, 6) is 5.30. The summed E-state index contributed by atoms with van der Waals surface area (Å²) in [6.45, 7) is -0.0630. The van der Waals surface area contributed by atoms with Gasteiger partial charge < -0.3 is 13.8 Å². The first kappa shape index (κ1) is 40.4. The molecule has 4 heteroatoms. The van der Waals surface area contributed by atoms with Gasteiger partial charge in [-0.3, -0.25) is 0 Å². The Morgan fingerprint density at radius 3 is 1.77 bits per heavy atom. The van der Waals surface area contributed by atoms with E-state index in [1.54, 1.807) is 11.1 Å². The molecule has 21 rings (SSSR count). The molecule has 8 aliphatic carbocycles. The van der Waals surface area contributed by atoms with Crippen LogP contribution in [0.15, 0.2) is 168 Å². The number of fused-ring (bicyclic) bond motifs is 14. The average molecular weight is 953 g/mol. The van der Waals surface area contributed by atoms with Gasteiger partial charge in [0.15, 0.2) is 0 Å². The van der Waals surface area contributed by atoms with Gasteiger partial charge in [0.25, 0.3) is 0 Å². The number of anilines is 2. The van der Waals surface area contributed by atoms with Gasteiger partial charge in [0.2, 0.25) is 0 Å². The molecule has 8 fully saturated rings. The molecule has 8 saturated carbocycles. The van der Waals surface area contributed by atoms with Crippen LogP contribution in [0.5, 0.6) is 0 Å². The number of hydrogen-bond donors (Lipinski definition) is 0. The fraction of sp³-hybridized carbons (Fsp3) is 0.286. The Labute approximate surface area is 432 Å². The molecule has 2 aliphatic heterocycles. The summed E-state index contributed by atoms with van der Waals surface area (Å²) in [6, 6.07) is 64.1. The molecule has 2 aromatic heterocycles. The predicted molar refractivity (Wildman–Crippen MR) is 307 cm³/mol. The average Bonchev–Trinajstić information content (AvgIpc) is 4.09. The van der Waals surface area contributed by atoms with Gasteiger partial charge in [-0.15, -0.1) is 0 Å². The Bertz CT molecular complexity index is 4220. The molecule has 3 nitrogen and oxygen atoms in total. The highest BCUT2D eigenvalue weighted by molar-refractivity contribution is 6.94.